The quantitative estimate of drug-likeness (QED) is 0.0338. The number of aliphatic hydroxyl groups excluding tert-OH is 2. The van der Waals surface area contributed by atoms with Crippen molar-refractivity contribution in [3.8, 4) is 0 Å². The average molecular weight is 942 g/mol. The van der Waals surface area contributed by atoms with Crippen LogP contribution < -0.4 is 0 Å². The second-order valence-electron chi connectivity index (χ2n) is 19.1. The standard InChI is InChI=1S/C53H103N3O10/c1-8-12-16-24-32-46(33-25-17-13-9-2)50(59)63-40-28-20-22-30-42-65-52(61)48(57)44-55(6)38-36-54(5)37-39-56(7)45-49(58)53(62)66-43-31-23-21-29-41-64-51(60)47(34-26-18-14-10-3)35-27-19-15-11-4/h46-49,57-58H,8-45H2,1-7H3. The van der Waals surface area contributed by atoms with Crippen molar-refractivity contribution in [3.63, 3.8) is 0 Å². The largest absolute Gasteiger partial charge is 0.465 e. The molecule has 0 aliphatic rings. The minimum atomic E-state index is -1.23. The Hall–Kier alpha value is -2.32. The first-order valence-corrected chi connectivity index (χ1v) is 27.0. The fourth-order valence-electron chi connectivity index (χ4n) is 7.98. The van der Waals surface area contributed by atoms with Crippen LogP contribution in [0.3, 0.4) is 0 Å². The summed E-state index contributed by atoms with van der Waals surface area (Å²) in [7, 11) is 5.69. The maximum atomic E-state index is 12.8. The molecule has 0 heterocycles. The number of aliphatic hydroxyl groups is 2. The highest BCUT2D eigenvalue weighted by molar-refractivity contribution is 5.75. The molecule has 0 aliphatic heterocycles. The van der Waals surface area contributed by atoms with Gasteiger partial charge < -0.3 is 43.9 Å². The van der Waals surface area contributed by atoms with Gasteiger partial charge in [0.15, 0.2) is 12.2 Å². The molecule has 0 rings (SSSR count). The predicted octanol–water partition coefficient (Wildman–Crippen LogP) is 9.91. The fraction of sp³-hybridized carbons (Fsp3) is 0.925. The van der Waals surface area contributed by atoms with Crippen molar-refractivity contribution >= 4 is 23.9 Å². The van der Waals surface area contributed by atoms with Crippen LogP contribution in [0.25, 0.3) is 0 Å². The number of carbonyl (C=O) groups excluding carboxylic acids is 4. The van der Waals surface area contributed by atoms with Gasteiger partial charge in [-0.1, -0.05) is 130 Å². The minimum Gasteiger partial charge on any atom is -0.465 e. The van der Waals surface area contributed by atoms with E-state index in [0.29, 0.717) is 52.2 Å². The summed E-state index contributed by atoms with van der Waals surface area (Å²) in [6, 6.07) is 0. The molecule has 0 fully saturated rings. The molecule has 390 valence electrons. The summed E-state index contributed by atoms with van der Waals surface area (Å²) >= 11 is 0. The van der Waals surface area contributed by atoms with Crippen molar-refractivity contribution in [3.05, 3.63) is 0 Å². The van der Waals surface area contributed by atoms with Crippen LogP contribution in [0.1, 0.15) is 207 Å². The van der Waals surface area contributed by atoms with Gasteiger partial charge in [-0.05, 0) is 98.2 Å². The number of likely N-dealkylation sites (N-methyl/N-ethyl adjacent to an activating group) is 3. The van der Waals surface area contributed by atoms with E-state index in [1.54, 1.807) is 0 Å². The zero-order chi connectivity index (χ0) is 49.0. The van der Waals surface area contributed by atoms with E-state index in [9.17, 15) is 29.4 Å². The van der Waals surface area contributed by atoms with Crippen LogP contribution in [0.2, 0.25) is 0 Å². The zero-order valence-electron chi connectivity index (χ0n) is 43.7. The summed E-state index contributed by atoms with van der Waals surface area (Å²) < 4.78 is 22.0. The first kappa shape index (κ1) is 63.7. The molecule has 0 aliphatic carbocycles. The van der Waals surface area contributed by atoms with Gasteiger partial charge in [-0.25, -0.2) is 9.59 Å². The van der Waals surface area contributed by atoms with E-state index in [-0.39, 0.29) is 50.1 Å². The van der Waals surface area contributed by atoms with Crippen molar-refractivity contribution in [2.45, 2.75) is 220 Å². The molecule has 2 unspecified atom stereocenters. The second-order valence-corrected chi connectivity index (χ2v) is 19.1. The van der Waals surface area contributed by atoms with E-state index >= 15 is 0 Å². The van der Waals surface area contributed by atoms with Crippen LogP contribution in [-0.4, -0.2) is 148 Å². The highest BCUT2D eigenvalue weighted by atomic mass is 16.6. The molecule has 2 atom stereocenters. The van der Waals surface area contributed by atoms with E-state index in [2.05, 4.69) is 32.6 Å². The molecule has 13 heteroatoms. The third-order valence-electron chi connectivity index (χ3n) is 12.6. The van der Waals surface area contributed by atoms with Gasteiger partial charge in [-0.3, -0.25) is 9.59 Å². The lowest BCUT2D eigenvalue weighted by Crippen LogP contribution is -2.42. The Morgan fingerprint density at radius 3 is 0.864 bits per heavy atom. The monoisotopic (exact) mass is 942 g/mol. The first-order valence-electron chi connectivity index (χ1n) is 27.0. The van der Waals surface area contributed by atoms with Crippen LogP contribution in [0.5, 0.6) is 0 Å². The van der Waals surface area contributed by atoms with Crippen molar-refractivity contribution in [1.29, 1.82) is 0 Å². The molecule has 0 aromatic heterocycles. The molecular formula is C53H103N3O10. The smallest absolute Gasteiger partial charge is 0.336 e. The number of esters is 4. The molecule has 0 radical (unpaired) electrons. The molecule has 13 nitrogen and oxygen atoms in total. The molecule has 0 saturated carbocycles. The molecule has 0 aromatic rings. The van der Waals surface area contributed by atoms with E-state index in [0.717, 1.165) is 89.9 Å². The lowest BCUT2D eigenvalue weighted by molar-refractivity contribution is -0.155. The molecule has 0 bridgehead atoms. The Morgan fingerprint density at radius 1 is 0.348 bits per heavy atom. The molecule has 0 aromatic carbocycles. The Labute approximate surface area is 404 Å². The van der Waals surface area contributed by atoms with Crippen LogP contribution >= 0.6 is 0 Å². The summed E-state index contributed by atoms with van der Waals surface area (Å²) in [5.41, 5.74) is 0. The Bertz CT molecular complexity index is 1050. The Balaban J connectivity index is 4.12. The number of rotatable bonds is 48. The zero-order valence-corrected chi connectivity index (χ0v) is 43.7. The van der Waals surface area contributed by atoms with E-state index in [1.807, 2.05) is 30.9 Å². The minimum absolute atomic E-state index is 0.0155. The molecule has 2 N–H and O–H groups in total. The van der Waals surface area contributed by atoms with Gasteiger partial charge in [0.2, 0.25) is 0 Å². The summed E-state index contributed by atoms with van der Waals surface area (Å²) in [5.74, 6) is -1.29. The first-order chi connectivity index (χ1) is 31.9. The summed E-state index contributed by atoms with van der Waals surface area (Å²) in [6.07, 6.45) is 26.3. The highest BCUT2D eigenvalue weighted by Gasteiger charge is 2.22. The molecular weight excluding hydrogens is 839 g/mol. The van der Waals surface area contributed by atoms with Crippen LogP contribution in [-0.2, 0) is 38.1 Å². The third kappa shape index (κ3) is 37.6. The number of hydrogen-bond donors (Lipinski definition) is 2. The lowest BCUT2D eigenvalue weighted by atomic mass is 9.94. The van der Waals surface area contributed by atoms with Gasteiger partial charge in [0.05, 0.1) is 38.3 Å². The number of ether oxygens (including phenoxy) is 4. The summed E-state index contributed by atoms with van der Waals surface area (Å²) in [4.78, 5) is 56.3. The Kier molecular flexibility index (Phi) is 43.6. The van der Waals surface area contributed by atoms with Gasteiger partial charge in [-0.15, -0.1) is 0 Å². The highest BCUT2D eigenvalue weighted by Crippen LogP contribution is 2.22. The third-order valence-corrected chi connectivity index (χ3v) is 12.6. The summed E-state index contributed by atoms with van der Waals surface area (Å²) in [5, 5.41) is 20.9. The van der Waals surface area contributed by atoms with Crippen molar-refractivity contribution in [2.24, 2.45) is 11.8 Å². The van der Waals surface area contributed by atoms with Crippen LogP contribution in [0.4, 0.5) is 0 Å². The molecule has 66 heavy (non-hydrogen) atoms. The second kappa shape index (κ2) is 45.1. The average Bonchev–Trinajstić information content (AvgIpc) is 3.30. The Morgan fingerprint density at radius 2 is 0.591 bits per heavy atom. The molecule has 0 saturated heterocycles. The number of hydrogen-bond acceptors (Lipinski definition) is 13. The number of nitrogens with zero attached hydrogens (tertiary/aromatic N) is 3. The topological polar surface area (TPSA) is 155 Å². The van der Waals surface area contributed by atoms with Gasteiger partial charge in [-0.2, -0.15) is 0 Å². The van der Waals surface area contributed by atoms with Gasteiger partial charge in [0.1, 0.15) is 0 Å². The van der Waals surface area contributed by atoms with Crippen molar-refractivity contribution in [2.75, 3.05) is 86.8 Å². The van der Waals surface area contributed by atoms with Crippen molar-refractivity contribution < 1.29 is 48.3 Å². The number of unbranched alkanes of at least 4 members (excludes halogenated alkanes) is 18. The van der Waals surface area contributed by atoms with E-state index < -0.39 is 24.1 Å². The van der Waals surface area contributed by atoms with E-state index in [1.165, 1.54) is 77.0 Å². The maximum Gasteiger partial charge on any atom is 0.336 e. The van der Waals surface area contributed by atoms with Crippen molar-refractivity contribution in [1.82, 2.24) is 14.7 Å². The van der Waals surface area contributed by atoms with Crippen LogP contribution in [0, 0.1) is 11.8 Å². The predicted molar refractivity (Wildman–Crippen MR) is 267 cm³/mol. The summed E-state index contributed by atoms with van der Waals surface area (Å²) in [6.45, 7) is 13.2. The van der Waals surface area contributed by atoms with Crippen LogP contribution in [0.15, 0.2) is 0 Å². The molecule has 0 amide bonds. The fourth-order valence-corrected chi connectivity index (χ4v) is 7.98. The van der Waals surface area contributed by atoms with Gasteiger partial charge >= 0.3 is 23.9 Å². The maximum absolute atomic E-state index is 12.8. The normalized spacial score (nSPS) is 12.7. The van der Waals surface area contributed by atoms with E-state index in [4.69, 9.17) is 18.9 Å². The number of carbonyl (C=O) groups is 4. The van der Waals surface area contributed by atoms with Gasteiger partial charge in [0, 0.05) is 39.3 Å². The molecule has 0 spiro atoms. The van der Waals surface area contributed by atoms with Gasteiger partial charge in [0.25, 0.3) is 0 Å². The SMILES string of the molecule is CCCCCCC(CCCCCC)C(=O)OCCCCCCOC(=O)C(O)CN(C)CCN(C)CCN(C)CC(O)C(=O)OCCCCCCOC(=O)C(CCCCCC)CCCCCC. The lowest BCUT2D eigenvalue weighted by Gasteiger charge is -2.26.